The van der Waals surface area contributed by atoms with E-state index in [2.05, 4.69) is 16.6 Å². The first-order chi connectivity index (χ1) is 14.4. The molecule has 1 unspecified atom stereocenters. The minimum Gasteiger partial charge on any atom is -0.481 e. The molecular weight excluding hydrogens is 412 g/mol. The molecule has 1 aromatic rings. The molecule has 0 spiro atoms. The molecule has 0 radical (unpaired) electrons. The van der Waals surface area contributed by atoms with Crippen LogP contribution in [-0.4, -0.2) is 44.3 Å². The topological polar surface area (TPSA) is 131 Å². The van der Waals surface area contributed by atoms with Gasteiger partial charge in [-0.15, -0.1) is 5.92 Å². The van der Waals surface area contributed by atoms with Crippen LogP contribution in [0, 0.1) is 11.8 Å². The van der Waals surface area contributed by atoms with Crippen LogP contribution in [0.4, 0.5) is 0 Å². The number of carbonyl (C=O) groups is 2. The third-order valence-electron chi connectivity index (χ3n) is 4.57. The third-order valence-corrected chi connectivity index (χ3v) is 6.05. The number of hydrogen-bond acceptors (Lipinski definition) is 7. The van der Waals surface area contributed by atoms with Crippen molar-refractivity contribution >= 4 is 21.9 Å². The van der Waals surface area contributed by atoms with Crippen LogP contribution < -0.4 is 14.9 Å². The highest BCUT2D eigenvalue weighted by Crippen LogP contribution is 2.21. The molecule has 30 heavy (non-hydrogen) atoms. The number of benzene rings is 1. The quantitative estimate of drug-likeness (QED) is 0.230. The summed E-state index contributed by atoms with van der Waals surface area (Å²) in [5.41, 5.74) is 1.38. The van der Waals surface area contributed by atoms with Gasteiger partial charge in [-0.25, -0.2) is 13.9 Å². The second kappa shape index (κ2) is 11.5. The van der Waals surface area contributed by atoms with Crippen LogP contribution in [0.3, 0.4) is 0 Å². The number of amides is 1. The van der Waals surface area contributed by atoms with Crippen LogP contribution >= 0.6 is 0 Å². The highest BCUT2D eigenvalue weighted by atomic mass is 32.2. The Morgan fingerprint density at radius 3 is 2.47 bits per heavy atom. The van der Waals surface area contributed by atoms with Crippen molar-refractivity contribution < 1.29 is 32.7 Å². The summed E-state index contributed by atoms with van der Waals surface area (Å²) in [6, 6.07) is 3.97. The summed E-state index contributed by atoms with van der Waals surface area (Å²) in [6.07, 6.45) is 3.70. The fourth-order valence-electron chi connectivity index (χ4n) is 3.01. The van der Waals surface area contributed by atoms with Gasteiger partial charge in [0.2, 0.25) is 10.0 Å². The predicted octanol–water partition coefficient (Wildman–Crippen LogP) is 1.51. The highest BCUT2D eigenvalue weighted by molar-refractivity contribution is 7.89. The summed E-state index contributed by atoms with van der Waals surface area (Å²) in [5, 5.41) is 8.93. The maximum absolute atomic E-state index is 12.6. The van der Waals surface area contributed by atoms with Crippen LogP contribution in [0.15, 0.2) is 29.2 Å². The van der Waals surface area contributed by atoms with Crippen molar-refractivity contribution in [2.75, 3.05) is 6.61 Å². The van der Waals surface area contributed by atoms with E-state index in [0.29, 0.717) is 5.75 Å². The lowest BCUT2D eigenvalue weighted by Crippen LogP contribution is -2.47. The lowest BCUT2D eigenvalue weighted by atomic mass is 9.98. The Kier molecular flexibility index (Phi) is 9.11. The van der Waals surface area contributed by atoms with Crippen LogP contribution in [0.25, 0.3) is 0 Å². The molecule has 0 aromatic heterocycles. The van der Waals surface area contributed by atoms with E-state index in [1.807, 2.05) is 0 Å². The summed E-state index contributed by atoms with van der Waals surface area (Å²) in [7, 11) is -4.15. The number of hydrogen-bond donors (Lipinski definition) is 3. The Bertz CT molecular complexity index is 882. The van der Waals surface area contributed by atoms with Crippen molar-refractivity contribution in [1.82, 2.24) is 10.2 Å². The molecule has 1 amide bonds. The zero-order chi connectivity index (χ0) is 22.0. The van der Waals surface area contributed by atoms with E-state index in [1.54, 1.807) is 6.92 Å². The number of carbonyl (C=O) groups excluding carboxylic acids is 2. The monoisotopic (exact) mass is 438 g/mol. The molecule has 1 aromatic carbocycles. The molecule has 10 heteroatoms. The minimum atomic E-state index is -4.15. The lowest BCUT2D eigenvalue weighted by molar-refractivity contribution is -0.152. The van der Waals surface area contributed by atoms with E-state index in [9.17, 15) is 18.0 Å². The van der Waals surface area contributed by atoms with Gasteiger partial charge in [0.25, 0.3) is 5.91 Å². The van der Waals surface area contributed by atoms with Gasteiger partial charge in [0.05, 0.1) is 11.3 Å². The largest absolute Gasteiger partial charge is 0.481 e. The van der Waals surface area contributed by atoms with Gasteiger partial charge in [0.15, 0.2) is 0 Å². The van der Waals surface area contributed by atoms with Gasteiger partial charge in [0.1, 0.15) is 24.5 Å². The van der Waals surface area contributed by atoms with Crippen molar-refractivity contribution in [2.45, 2.75) is 62.5 Å². The van der Waals surface area contributed by atoms with Crippen LogP contribution in [0.1, 0.15) is 45.4 Å². The molecule has 0 heterocycles. The summed E-state index contributed by atoms with van der Waals surface area (Å²) >= 11 is 0. The molecule has 9 nitrogen and oxygen atoms in total. The number of nitrogens with one attached hydrogen (secondary N) is 2. The summed E-state index contributed by atoms with van der Waals surface area (Å²) < 4.78 is 38.0. The zero-order valence-corrected chi connectivity index (χ0v) is 17.5. The van der Waals surface area contributed by atoms with E-state index in [1.165, 1.54) is 29.7 Å². The highest BCUT2D eigenvalue weighted by Gasteiger charge is 2.29. The molecule has 1 aliphatic rings. The van der Waals surface area contributed by atoms with Gasteiger partial charge in [-0.2, -0.15) is 4.72 Å². The first-order valence-corrected chi connectivity index (χ1v) is 11.1. The van der Waals surface area contributed by atoms with Crippen molar-refractivity contribution in [1.29, 1.82) is 0 Å². The molecule has 0 bridgehead atoms. The predicted molar refractivity (Wildman–Crippen MR) is 107 cm³/mol. The van der Waals surface area contributed by atoms with Crippen molar-refractivity contribution in [3.05, 3.63) is 24.3 Å². The molecule has 2 rings (SSSR count). The van der Waals surface area contributed by atoms with Gasteiger partial charge < -0.3 is 9.47 Å². The van der Waals surface area contributed by atoms with E-state index >= 15 is 0 Å². The van der Waals surface area contributed by atoms with E-state index < -0.39 is 34.4 Å². The molecule has 0 saturated heterocycles. The molecule has 0 aliphatic heterocycles. The fourth-order valence-corrected chi connectivity index (χ4v) is 4.21. The summed E-state index contributed by atoms with van der Waals surface area (Å²) in [4.78, 5) is 24.0. The van der Waals surface area contributed by atoms with Gasteiger partial charge in [-0.1, -0.05) is 12.3 Å². The van der Waals surface area contributed by atoms with Crippen LogP contribution in [0.5, 0.6) is 5.75 Å². The molecule has 1 saturated carbocycles. The average Bonchev–Trinajstić information content (AvgIpc) is 2.74. The Morgan fingerprint density at radius 1 is 1.20 bits per heavy atom. The number of sulfonamides is 1. The van der Waals surface area contributed by atoms with Crippen molar-refractivity contribution in [3.63, 3.8) is 0 Å². The standard InChI is InChI=1S/C20H26N2O7S/c1-2-3-13-28-15-9-11-17(12-10-15)30(26,27)22-18(20(24)21-25)14-19(23)29-16-7-5-4-6-8-16/h9-12,16,18,22,25H,4-8,13-14H2,1H3,(H,21,24). The normalized spacial score (nSPS) is 15.4. The number of rotatable bonds is 9. The number of hydroxylamine groups is 1. The van der Waals surface area contributed by atoms with Crippen molar-refractivity contribution in [2.24, 2.45) is 0 Å². The number of ether oxygens (including phenoxy) is 2. The molecular formula is C20H26N2O7S. The maximum atomic E-state index is 12.6. The molecule has 1 atom stereocenters. The molecule has 3 N–H and O–H groups in total. The fraction of sp³-hybridized carbons (Fsp3) is 0.500. The van der Waals surface area contributed by atoms with Gasteiger partial charge >= 0.3 is 5.97 Å². The Morgan fingerprint density at radius 2 is 1.87 bits per heavy atom. The molecule has 164 valence electrons. The molecule has 1 aliphatic carbocycles. The second-order valence-corrected chi connectivity index (χ2v) is 8.50. The van der Waals surface area contributed by atoms with Gasteiger partial charge in [-0.05, 0) is 56.9 Å². The van der Waals surface area contributed by atoms with Crippen LogP contribution in [0.2, 0.25) is 0 Å². The van der Waals surface area contributed by atoms with Crippen LogP contribution in [-0.2, 0) is 24.3 Å². The third kappa shape index (κ3) is 7.33. The number of esters is 1. The minimum absolute atomic E-state index is 0.132. The smallest absolute Gasteiger partial charge is 0.308 e. The Hall–Kier alpha value is -2.61. The zero-order valence-electron chi connectivity index (χ0n) is 16.7. The second-order valence-electron chi connectivity index (χ2n) is 6.79. The Labute approximate surface area is 176 Å². The first kappa shape index (κ1) is 23.7. The van der Waals surface area contributed by atoms with Gasteiger partial charge in [0, 0.05) is 0 Å². The SMILES string of the molecule is CC#CCOc1ccc(S(=O)(=O)NC(CC(=O)OC2CCCCC2)C(=O)NO)cc1. The maximum Gasteiger partial charge on any atom is 0.308 e. The van der Waals surface area contributed by atoms with Gasteiger partial charge in [-0.3, -0.25) is 14.8 Å². The van der Waals surface area contributed by atoms with E-state index in [0.717, 1.165) is 32.1 Å². The molecule has 1 fully saturated rings. The van der Waals surface area contributed by atoms with Crippen molar-refractivity contribution in [3.8, 4) is 17.6 Å². The summed E-state index contributed by atoms with van der Waals surface area (Å²) in [5.74, 6) is 4.06. The van der Waals surface area contributed by atoms with E-state index in [4.69, 9.17) is 14.7 Å². The summed E-state index contributed by atoms with van der Waals surface area (Å²) in [6.45, 7) is 1.84. The average molecular weight is 439 g/mol. The lowest BCUT2D eigenvalue weighted by Gasteiger charge is -2.23. The van der Waals surface area contributed by atoms with E-state index in [-0.39, 0.29) is 17.6 Å². The Balaban J connectivity index is 2.03. The first-order valence-electron chi connectivity index (χ1n) is 9.64.